The molecule has 0 heterocycles. The fraction of sp³-hybridized carbons (Fsp3) is 0.333. The topological polar surface area (TPSA) is 81.4 Å². The van der Waals surface area contributed by atoms with Gasteiger partial charge in [0.25, 0.3) is 0 Å². The lowest BCUT2D eigenvalue weighted by molar-refractivity contribution is -0.137. The van der Waals surface area contributed by atoms with E-state index in [1.165, 1.54) is 38.2 Å². The van der Waals surface area contributed by atoms with Gasteiger partial charge in [0.2, 0.25) is 0 Å². The minimum absolute atomic E-state index is 0.0113. The lowest BCUT2D eigenvalue weighted by atomic mass is 9.99. The van der Waals surface area contributed by atoms with E-state index in [9.17, 15) is 22.8 Å². The molecule has 1 rings (SSSR count). The second kappa shape index (κ2) is 11.2. The Balaban J connectivity index is 0.00000194. The van der Waals surface area contributed by atoms with Gasteiger partial charge in [0.15, 0.2) is 6.29 Å². The Morgan fingerprint density at radius 3 is 2.12 bits per heavy atom. The van der Waals surface area contributed by atoms with Crippen molar-refractivity contribution in [3.05, 3.63) is 52.6 Å². The third-order valence-corrected chi connectivity index (χ3v) is 3.17. The molecule has 1 aromatic rings. The summed E-state index contributed by atoms with van der Waals surface area (Å²) in [7, 11) is 4.67. The SMILES string of the molecule is CN/C(=C\C(C=O)=C(/C=O)C(C)N)c1ccccc1C(F)(F)F.COC. The zero-order valence-electron chi connectivity index (χ0n) is 15.1. The molecule has 0 aliphatic rings. The monoisotopic (exact) mass is 372 g/mol. The molecular formula is C18H23F3N2O3. The smallest absolute Gasteiger partial charge is 0.388 e. The number of hydrogen-bond donors (Lipinski definition) is 2. The zero-order chi connectivity index (χ0) is 20.3. The van der Waals surface area contributed by atoms with Crippen molar-refractivity contribution < 1.29 is 27.5 Å². The van der Waals surface area contributed by atoms with Crippen molar-refractivity contribution in [2.24, 2.45) is 5.73 Å². The highest BCUT2D eigenvalue weighted by Crippen LogP contribution is 2.34. The predicted octanol–water partition coefficient (Wildman–Crippen LogP) is 2.57. The van der Waals surface area contributed by atoms with Crippen LogP contribution < -0.4 is 11.1 Å². The minimum Gasteiger partial charge on any atom is -0.388 e. The summed E-state index contributed by atoms with van der Waals surface area (Å²) in [6.07, 6.45) is -2.55. The number of nitrogens with one attached hydrogen (secondary N) is 1. The molecule has 0 bridgehead atoms. The largest absolute Gasteiger partial charge is 0.417 e. The summed E-state index contributed by atoms with van der Waals surface area (Å²) in [4.78, 5) is 22.3. The van der Waals surface area contributed by atoms with Crippen LogP contribution in [0.3, 0.4) is 0 Å². The molecular weight excluding hydrogens is 349 g/mol. The number of ether oxygens (including phenoxy) is 1. The number of carbonyl (C=O) groups is 2. The number of benzene rings is 1. The lowest BCUT2D eigenvalue weighted by Gasteiger charge is -2.16. The van der Waals surface area contributed by atoms with Gasteiger partial charge in [-0.05, 0) is 19.1 Å². The highest BCUT2D eigenvalue weighted by molar-refractivity contribution is 5.92. The maximum atomic E-state index is 13.1. The number of halogens is 3. The first-order valence-electron chi connectivity index (χ1n) is 7.54. The van der Waals surface area contributed by atoms with E-state index in [0.29, 0.717) is 12.6 Å². The average molecular weight is 372 g/mol. The first-order valence-corrected chi connectivity index (χ1v) is 7.54. The van der Waals surface area contributed by atoms with Crippen LogP contribution in [-0.4, -0.2) is 39.9 Å². The van der Waals surface area contributed by atoms with Gasteiger partial charge in [-0.25, -0.2) is 0 Å². The minimum atomic E-state index is -4.55. The van der Waals surface area contributed by atoms with Crippen molar-refractivity contribution in [3.8, 4) is 0 Å². The summed E-state index contributed by atoms with van der Waals surface area (Å²) >= 11 is 0. The van der Waals surface area contributed by atoms with Gasteiger partial charge in [-0.2, -0.15) is 13.2 Å². The summed E-state index contributed by atoms with van der Waals surface area (Å²) in [6, 6.07) is 4.22. The maximum Gasteiger partial charge on any atom is 0.417 e. The Bertz CT molecular complexity index is 666. The normalized spacial score (nSPS) is 13.8. The van der Waals surface area contributed by atoms with Gasteiger partial charge in [0.05, 0.1) is 5.56 Å². The molecule has 3 N–H and O–H groups in total. The number of hydrogen-bond acceptors (Lipinski definition) is 5. The molecule has 1 aromatic carbocycles. The average Bonchev–Trinajstić information content (AvgIpc) is 2.58. The highest BCUT2D eigenvalue weighted by atomic mass is 19.4. The van der Waals surface area contributed by atoms with E-state index < -0.39 is 17.8 Å². The van der Waals surface area contributed by atoms with Crippen molar-refractivity contribution in [1.29, 1.82) is 0 Å². The Labute approximate surface area is 150 Å². The molecule has 0 amide bonds. The number of rotatable bonds is 6. The number of allylic oxidation sites excluding steroid dienone is 2. The van der Waals surface area contributed by atoms with Gasteiger partial charge in [-0.15, -0.1) is 0 Å². The molecule has 0 saturated carbocycles. The molecule has 0 aliphatic heterocycles. The molecule has 0 saturated heterocycles. The molecule has 144 valence electrons. The number of aldehydes is 2. The van der Waals surface area contributed by atoms with Crippen LogP contribution in [0, 0.1) is 0 Å². The second-order valence-corrected chi connectivity index (χ2v) is 5.19. The Kier molecular flexibility index (Phi) is 10.2. The van der Waals surface area contributed by atoms with Crippen LogP contribution in [0.1, 0.15) is 18.1 Å². The molecule has 0 aromatic heterocycles. The quantitative estimate of drug-likeness (QED) is 0.456. The standard InChI is InChI=1S/C16H17F3N2O2.C2H6O/c1-10(20)13(9-23)11(8-22)7-15(21-2)12-5-3-4-6-14(12)16(17,18)19;1-3-2/h3-10,21H,20H2,1-2H3;1-2H3/b13-11-,15-7-;. The van der Waals surface area contributed by atoms with Gasteiger partial charge < -0.3 is 15.8 Å². The Morgan fingerprint density at radius 2 is 1.73 bits per heavy atom. The number of methoxy groups -OCH3 is 1. The molecule has 5 nitrogen and oxygen atoms in total. The predicted molar refractivity (Wildman–Crippen MR) is 94.2 cm³/mol. The molecule has 0 radical (unpaired) electrons. The van der Waals surface area contributed by atoms with Gasteiger partial charge in [0.1, 0.15) is 6.29 Å². The molecule has 0 aliphatic carbocycles. The van der Waals surface area contributed by atoms with Crippen LogP contribution in [0.4, 0.5) is 13.2 Å². The summed E-state index contributed by atoms with van der Waals surface area (Å²) in [5.74, 6) is 0. The number of carbonyl (C=O) groups excluding carboxylic acids is 2. The first kappa shape index (κ1) is 23.5. The van der Waals surface area contributed by atoms with Crippen molar-refractivity contribution in [2.75, 3.05) is 21.3 Å². The number of alkyl halides is 3. The van der Waals surface area contributed by atoms with Crippen molar-refractivity contribution >= 4 is 18.3 Å². The Morgan fingerprint density at radius 1 is 1.19 bits per heavy atom. The first-order chi connectivity index (χ1) is 12.2. The molecule has 0 fully saturated rings. The van der Waals surface area contributed by atoms with Crippen LogP contribution in [0.15, 0.2) is 41.5 Å². The van der Waals surface area contributed by atoms with E-state index in [2.05, 4.69) is 10.1 Å². The summed E-state index contributed by atoms with van der Waals surface area (Å²) < 4.78 is 43.6. The molecule has 26 heavy (non-hydrogen) atoms. The Hall–Kier alpha value is -2.45. The van der Waals surface area contributed by atoms with Crippen molar-refractivity contribution in [2.45, 2.75) is 19.1 Å². The van der Waals surface area contributed by atoms with E-state index in [-0.39, 0.29) is 22.4 Å². The lowest BCUT2D eigenvalue weighted by Crippen LogP contribution is -2.21. The molecule has 1 unspecified atom stereocenters. The fourth-order valence-electron chi connectivity index (χ4n) is 2.03. The fourth-order valence-corrected chi connectivity index (χ4v) is 2.03. The zero-order valence-corrected chi connectivity index (χ0v) is 15.1. The molecule has 0 spiro atoms. The van der Waals surface area contributed by atoms with Crippen LogP contribution in [-0.2, 0) is 20.5 Å². The van der Waals surface area contributed by atoms with Crippen LogP contribution in [0.2, 0.25) is 0 Å². The second-order valence-electron chi connectivity index (χ2n) is 5.19. The van der Waals surface area contributed by atoms with E-state index in [4.69, 9.17) is 5.73 Å². The van der Waals surface area contributed by atoms with Gasteiger partial charge in [0, 0.05) is 49.7 Å². The van der Waals surface area contributed by atoms with Crippen molar-refractivity contribution in [3.63, 3.8) is 0 Å². The third-order valence-electron chi connectivity index (χ3n) is 3.17. The van der Waals surface area contributed by atoms with Crippen LogP contribution >= 0.6 is 0 Å². The van der Waals surface area contributed by atoms with E-state index in [1.54, 1.807) is 14.2 Å². The van der Waals surface area contributed by atoms with Crippen LogP contribution in [0.5, 0.6) is 0 Å². The van der Waals surface area contributed by atoms with E-state index in [1.807, 2.05) is 0 Å². The van der Waals surface area contributed by atoms with Gasteiger partial charge in [-0.3, -0.25) is 9.59 Å². The van der Waals surface area contributed by atoms with E-state index >= 15 is 0 Å². The van der Waals surface area contributed by atoms with E-state index in [0.717, 1.165) is 6.07 Å². The molecule has 1 atom stereocenters. The summed E-state index contributed by atoms with van der Waals surface area (Å²) in [6.45, 7) is 1.50. The van der Waals surface area contributed by atoms with Crippen molar-refractivity contribution in [1.82, 2.24) is 5.32 Å². The number of nitrogens with two attached hydrogens (primary N) is 1. The summed E-state index contributed by atoms with van der Waals surface area (Å²) in [5.41, 5.74) is 4.62. The third kappa shape index (κ3) is 6.81. The summed E-state index contributed by atoms with van der Waals surface area (Å²) in [5, 5.41) is 2.62. The van der Waals surface area contributed by atoms with Crippen LogP contribution in [0.25, 0.3) is 5.70 Å². The highest BCUT2D eigenvalue weighted by Gasteiger charge is 2.33. The van der Waals surface area contributed by atoms with Gasteiger partial charge in [-0.1, -0.05) is 18.2 Å². The van der Waals surface area contributed by atoms with Gasteiger partial charge >= 0.3 is 6.18 Å². The molecule has 8 heteroatoms. The maximum absolute atomic E-state index is 13.1.